The highest BCUT2D eigenvalue weighted by atomic mass is 32.2. The first-order valence-corrected chi connectivity index (χ1v) is 6.23. The molecule has 2 nitrogen and oxygen atoms in total. The Labute approximate surface area is 85.2 Å². The standard InChI is InChI=1S/C11H14O2S/c1-3-14(12,13)9-8-11-7-5-4-6-10(11)2/h4-9H,3H2,1-2H3/b9-8+. The van der Waals surface area contributed by atoms with Crippen LogP contribution >= 0.6 is 0 Å². The van der Waals surface area contributed by atoms with E-state index in [9.17, 15) is 8.42 Å². The zero-order valence-electron chi connectivity index (χ0n) is 8.40. The van der Waals surface area contributed by atoms with Crippen molar-refractivity contribution in [3.05, 3.63) is 40.8 Å². The monoisotopic (exact) mass is 210 g/mol. The van der Waals surface area contributed by atoms with E-state index in [1.807, 2.05) is 31.2 Å². The molecule has 0 aromatic heterocycles. The molecule has 1 rings (SSSR count). The average Bonchev–Trinajstić information content (AvgIpc) is 2.17. The number of benzene rings is 1. The van der Waals surface area contributed by atoms with Gasteiger partial charge in [0.2, 0.25) is 0 Å². The van der Waals surface area contributed by atoms with Crippen LogP contribution in [0.2, 0.25) is 0 Å². The van der Waals surface area contributed by atoms with E-state index in [0.29, 0.717) is 0 Å². The van der Waals surface area contributed by atoms with E-state index in [1.165, 1.54) is 5.41 Å². The quantitative estimate of drug-likeness (QED) is 0.767. The summed E-state index contributed by atoms with van der Waals surface area (Å²) < 4.78 is 22.4. The first kappa shape index (κ1) is 11.0. The molecule has 76 valence electrons. The Morgan fingerprint density at radius 3 is 2.50 bits per heavy atom. The van der Waals surface area contributed by atoms with Crippen LogP contribution in [0.4, 0.5) is 0 Å². The van der Waals surface area contributed by atoms with E-state index in [4.69, 9.17) is 0 Å². The SMILES string of the molecule is CCS(=O)(=O)/C=C/c1ccccc1C. The lowest BCUT2D eigenvalue weighted by atomic mass is 10.1. The van der Waals surface area contributed by atoms with E-state index >= 15 is 0 Å². The minimum absolute atomic E-state index is 0.148. The fourth-order valence-corrected chi connectivity index (χ4v) is 1.59. The molecule has 0 spiro atoms. The van der Waals surface area contributed by atoms with E-state index < -0.39 is 9.84 Å². The molecule has 0 amide bonds. The van der Waals surface area contributed by atoms with Crippen molar-refractivity contribution in [3.8, 4) is 0 Å². The third-order valence-corrected chi connectivity index (χ3v) is 3.40. The van der Waals surface area contributed by atoms with Gasteiger partial charge in [0.25, 0.3) is 0 Å². The fourth-order valence-electron chi connectivity index (χ4n) is 1.05. The largest absolute Gasteiger partial charge is 0.224 e. The van der Waals surface area contributed by atoms with Crippen LogP contribution in [0.3, 0.4) is 0 Å². The van der Waals surface area contributed by atoms with E-state index in [1.54, 1.807) is 13.0 Å². The molecular formula is C11H14O2S. The van der Waals surface area contributed by atoms with Crippen molar-refractivity contribution >= 4 is 15.9 Å². The molecule has 0 unspecified atom stereocenters. The predicted octanol–water partition coefficient (Wildman–Crippen LogP) is 2.40. The van der Waals surface area contributed by atoms with Crippen molar-refractivity contribution in [2.45, 2.75) is 13.8 Å². The molecule has 0 aliphatic heterocycles. The Bertz CT molecular complexity index is 430. The van der Waals surface area contributed by atoms with Gasteiger partial charge in [-0.1, -0.05) is 31.2 Å². The Kier molecular flexibility index (Phi) is 3.47. The summed E-state index contributed by atoms with van der Waals surface area (Å²) in [6, 6.07) is 7.68. The molecule has 0 heterocycles. The topological polar surface area (TPSA) is 34.1 Å². The molecule has 0 N–H and O–H groups in total. The van der Waals surface area contributed by atoms with Gasteiger partial charge < -0.3 is 0 Å². The molecule has 3 heteroatoms. The predicted molar refractivity (Wildman–Crippen MR) is 59.7 cm³/mol. The van der Waals surface area contributed by atoms with Gasteiger partial charge in [0.15, 0.2) is 9.84 Å². The number of hydrogen-bond donors (Lipinski definition) is 0. The lowest BCUT2D eigenvalue weighted by molar-refractivity contribution is 0.606. The highest BCUT2D eigenvalue weighted by molar-refractivity contribution is 7.94. The second-order valence-electron chi connectivity index (χ2n) is 3.11. The molecule has 0 saturated carbocycles. The Morgan fingerprint density at radius 2 is 1.93 bits per heavy atom. The molecule has 1 aromatic carbocycles. The van der Waals surface area contributed by atoms with Gasteiger partial charge in [-0.05, 0) is 24.1 Å². The lowest BCUT2D eigenvalue weighted by Crippen LogP contribution is -1.96. The van der Waals surface area contributed by atoms with Gasteiger partial charge in [0, 0.05) is 5.41 Å². The second-order valence-corrected chi connectivity index (χ2v) is 5.29. The first-order valence-electron chi connectivity index (χ1n) is 4.51. The van der Waals surface area contributed by atoms with Crippen molar-refractivity contribution in [2.24, 2.45) is 0 Å². The average molecular weight is 210 g/mol. The van der Waals surface area contributed by atoms with E-state index in [0.717, 1.165) is 11.1 Å². The number of rotatable bonds is 3. The Morgan fingerprint density at radius 1 is 1.29 bits per heavy atom. The highest BCUT2D eigenvalue weighted by Crippen LogP contribution is 2.09. The van der Waals surface area contributed by atoms with Crippen molar-refractivity contribution in [1.82, 2.24) is 0 Å². The van der Waals surface area contributed by atoms with Gasteiger partial charge in [0.1, 0.15) is 0 Å². The molecule has 1 aromatic rings. The summed E-state index contributed by atoms with van der Waals surface area (Å²) in [6.45, 7) is 3.59. The van der Waals surface area contributed by atoms with Gasteiger partial charge in [0.05, 0.1) is 5.75 Å². The summed E-state index contributed by atoms with van der Waals surface area (Å²) in [7, 11) is -3.02. The molecule has 0 radical (unpaired) electrons. The molecule has 14 heavy (non-hydrogen) atoms. The van der Waals surface area contributed by atoms with Crippen molar-refractivity contribution in [3.63, 3.8) is 0 Å². The molecule has 0 atom stereocenters. The third-order valence-electron chi connectivity index (χ3n) is 2.05. The number of sulfone groups is 1. The van der Waals surface area contributed by atoms with Crippen LogP contribution in [0.15, 0.2) is 29.7 Å². The first-order chi connectivity index (χ1) is 6.55. The molecule has 0 aliphatic carbocycles. The maximum atomic E-state index is 11.2. The number of aryl methyl sites for hydroxylation is 1. The van der Waals surface area contributed by atoms with Crippen molar-refractivity contribution in [2.75, 3.05) is 5.75 Å². The maximum Gasteiger partial charge on any atom is 0.171 e. The molecular weight excluding hydrogens is 196 g/mol. The van der Waals surface area contributed by atoms with Crippen molar-refractivity contribution in [1.29, 1.82) is 0 Å². The molecule has 0 aliphatic rings. The summed E-state index contributed by atoms with van der Waals surface area (Å²) in [4.78, 5) is 0. The smallest absolute Gasteiger partial charge is 0.171 e. The van der Waals surface area contributed by atoms with Crippen LogP contribution in [0.1, 0.15) is 18.1 Å². The van der Waals surface area contributed by atoms with Crippen LogP contribution in [-0.2, 0) is 9.84 Å². The van der Waals surface area contributed by atoms with Crippen LogP contribution in [0.5, 0.6) is 0 Å². The summed E-state index contributed by atoms with van der Waals surface area (Å²) in [6.07, 6.45) is 1.65. The summed E-state index contributed by atoms with van der Waals surface area (Å²) in [5.74, 6) is 0.148. The molecule has 0 fully saturated rings. The molecule has 0 bridgehead atoms. The maximum absolute atomic E-state index is 11.2. The zero-order valence-corrected chi connectivity index (χ0v) is 9.21. The van der Waals surface area contributed by atoms with Crippen LogP contribution in [-0.4, -0.2) is 14.2 Å². The summed E-state index contributed by atoms with van der Waals surface area (Å²) >= 11 is 0. The highest BCUT2D eigenvalue weighted by Gasteiger charge is 2.00. The summed E-state index contributed by atoms with van der Waals surface area (Å²) in [5, 5.41) is 1.27. The Balaban J connectivity index is 2.95. The van der Waals surface area contributed by atoms with Crippen LogP contribution < -0.4 is 0 Å². The zero-order chi connectivity index (χ0) is 10.6. The minimum Gasteiger partial charge on any atom is -0.224 e. The number of hydrogen-bond acceptors (Lipinski definition) is 2. The Hall–Kier alpha value is -1.09. The van der Waals surface area contributed by atoms with E-state index in [2.05, 4.69) is 0 Å². The fraction of sp³-hybridized carbons (Fsp3) is 0.273. The normalized spacial score (nSPS) is 12.1. The minimum atomic E-state index is -3.02. The van der Waals surface area contributed by atoms with Gasteiger partial charge in [-0.2, -0.15) is 0 Å². The van der Waals surface area contributed by atoms with Crippen LogP contribution in [0.25, 0.3) is 6.08 Å². The second kappa shape index (κ2) is 4.42. The van der Waals surface area contributed by atoms with Crippen molar-refractivity contribution < 1.29 is 8.42 Å². The van der Waals surface area contributed by atoms with Gasteiger partial charge in [-0.3, -0.25) is 0 Å². The van der Waals surface area contributed by atoms with Crippen LogP contribution in [0, 0.1) is 6.92 Å². The van der Waals surface area contributed by atoms with Gasteiger partial charge in [-0.25, -0.2) is 8.42 Å². The lowest BCUT2D eigenvalue weighted by Gasteiger charge is -1.98. The third kappa shape index (κ3) is 3.00. The molecule has 0 saturated heterocycles. The van der Waals surface area contributed by atoms with Gasteiger partial charge in [-0.15, -0.1) is 0 Å². The summed E-state index contributed by atoms with van der Waals surface area (Å²) in [5.41, 5.74) is 2.03. The van der Waals surface area contributed by atoms with E-state index in [-0.39, 0.29) is 5.75 Å². The van der Waals surface area contributed by atoms with Gasteiger partial charge >= 0.3 is 0 Å².